The lowest BCUT2D eigenvalue weighted by Crippen LogP contribution is -2.45. The average Bonchev–Trinajstić information content (AvgIpc) is 3.03. The van der Waals surface area contributed by atoms with Gasteiger partial charge >= 0.3 is 6.18 Å². The normalized spacial score (nSPS) is 18.6. The average molecular weight is 600 g/mol. The first-order valence-electron chi connectivity index (χ1n) is 14.6. The van der Waals surface area contributed by atoms with E-state index in [4.69, 9.17) is 4.74 Å². The van der Waals surface area contributed by atoms with Crippen LogP contribution in [0.2, 0.25) is 0 Å². The van der Waals surface area contributed by atoms with E-state index < -0.39 is 23.7 Å². The van der Waals surface area contributed by atoms with Crippen molar-refractivity contribution in [1.82, 2.24) is 4.90 Å². The predicted octanol–water partition coefficient (Wildman–Crippen LogP) is 6.97. The Morgan fingerprint density at radius 3 is 2.32 bits per heavy atom. The molecule has 2 unspecified atom stereocenters. The molecule has 2 amide bonds. The first-order chi connectivity index (χ1) is 21.2. The Labute approximate surface area is 254 Å². The third-order valence-electron chi connectivity index (χ3n) is 8.26. The van der Waals surface area contributed by atoms with E-state index in [0.29, 0.717) is 35.6 Å². The molecule has 4 aromatic rings. The Kier molecular flexibility index (Phi) is 8.14. The van der Waals surface area contributed by atoms with Gasteiger partial charge in [0.1, 0.15) is 0 Å². The lowest BCUT2D eigenvalue weighted by molar-refractivity contribution is -0.137. The molecular formula is C35H32F3N3O3. The number of carbonyl (C=O) groups is 2. The standard InChI is InChI=1S/C35H32F3N3O3/c1-23-9-11-24(12-10-23)22-41-32(25-13-15-26(16-14-25)35(36,37)38)31(29-7-2-3-8-30(29)34(41)43)33(42)39-27-5-4-6-28(21-27)40-17-19-44-20-18-40/h2-16,21,31-32H,17-20,22H2,1H3,(H,39,42). The molecule has 0 saturated carbocycles. The lowest BCUT2D eigenvalue weighted by Gasteiger charge is -2.42. The Morgan fingerprint density at radius 1 is 0.909 bits per heavy atom. The zero-order valence-corrected chi connectivity index (χ0v) is 24.2. The molecule has 0 spiro atoms. The number of morpholine rings is 1. The second kappa shape index (κ2) is 12.2. The van der Waals surface area contributed by atoms with Crippen LogP contribution < -0.4 is 10.2 Å². The van der Waals surface area contributed by atoms with Gasteiger partial charge in [0.05, 0.1) is 30.7 Å². The highest BCUT2D eigenvalue weighted by Crippen LogP contribution is 2.45. The molecule has 6 rings (SSSR count). The summed E-state index contributed by atoms with van der Waals surface area (Å²) in [4.78, 5) is 32.1. The number of carbonyl (C=O) groups excluding carboxylic acids is 2. The van der Waals surface area contributed by atoms with Crippen molar-refractivity contribution in [2.45, 2.75) is 31.6 Å². The molecule has 6 nitrogen and oxygen atoms in total. The molecule has 2 aliphatic heterocycles. The van der Waals surface area contributed by atoms with Crippen LogP contribution in [-0.2, 0) is 22.3 Å². The number of hydrogen-bond acceptors (Lipinski definition) is 4. The van der Waals surface area contributed by atoms with Crippen molar-refractivity contribution in [3.05, 3.63) is 130 Å². The maximum absolute atomic E-state index is 14.3. The fourth-order valence-corrected chi connectivity index (χ4v) is 6.00. The van der Waals surface area contributed by atoms with Gasteiger partial charge in [-0.3, -0.25) is 9.59 Å². The smallest absolute Gasteiger partial charge is 0.378 e. The van der Waals surface area contributed by atoms with Crippen molar-refractivity contribution in [2.75, 3.05) is 36.5 Å². The van der Waals surface area contributed by atoms with E-state index in [1.54, 1.807) is 35.2 Å². The van der Waals surface area contributed by atoms with E-state index in [0.717, 1.165) is 42.0 Å². The van der Waals surface area contributed by atoms with Crippen molar-refractivity contribution < 1.29 is 27.5 Å². The quantitative estimate of drug-likeness (QED) is 0.260. The molecule has 2 heterocycles. The maximum Gasteiger partial charge on any atom is 0.416 e. The van der Waals surface area contributed by atoms with Crippen LogP contribution in [0.15, 0.2) is 97.1 Å². The van der Waals surface area contributed by atoms with Crippen molar-refractivity contribution in [1.29, 1.82) is 0 Å². The number of benzene rings is 4. The van der Waals surface area contributed by atoms with E-state index in [1.807, 2.05) is 49.4 Å². The third kappa shape index (κ3) is 6.05. The summed E-state index contributed by atoms with van der Waals surface area (Å²) in [6.07, 6.45) is -4.52. The van der Waals surface area contributed by atoms with Gasteiger partial charge in [0.25, 0.3) is 5.91 Å². The summed E-state index contributed by atoms with van der Waals surface area (Å²) in [5, 5.41) is 3.06. The van der Waals surface area contributed by atoms with Crippen LogP contribution in [0.3, 0.4) is 0 Å². The molecule has 1 fully saturated rings. The number of ether oxygens (including phenoxy) is 1. The van der Waals surface area contributed by atoms with Crippen molar-refractivity contribution in [3.63, 3.8) is 0 Å². The molecule has 0 aliphatic carbocycles. The summed E-state index contributed by atoms with van der Waals surface area (Å²) in [6.45, 7) is 4.85. The molecule has 0 aromatic heterocycles. The van der Waals surface area contributed by atoms with Gasteiger partial charge in [-0.1, -0.05) is 66.2 Å². The van der Waals surface area contributed by atoms with Gasteiger partial charge in [-0.15, -0.1) is 0 Å². The summed E-state index contributed by atoms with van der Waals surface area (Å²) in [5.41, 5.74) is 4.01. The van der Waals surface area contributed by atoms with E-state index in [-0.39, 0.29) is 18.4 Å². The first-order valence-corrected chi connectivity index (χ1v) is 14.6. The molecule has 2 atom stereocenters. The van der Waals surface area contributed by atoms with Crippen LogP contribution in [0.4, 0.5) is 24.5 Å². The van der Waals surface area contributed by atoms with Gasteiger partial charge < -0.3 is 19.9 Å². The van der Waals surface area contributed by atoms with Crippen LogP contribution in [0.1, 0.15) is 50.1 Å². The van der Waals surface area contributed by atoms with Crippen LogP contribution in [0.25, 0.3) is 0 Å². The number of rotatable bonds is 6. The molecule has 9 heteroatoms. The van der Waals surface area contributed by atoms with E-state index in [1.165, 1.54) is 12.1 Å². The van der Waals surface area contributed by atoms with Crippen molar-refractivity contribution in [3.8, 4) is 0 Å². The fourth-order valence-electron chi connectivity index (χ4n) is 6.00. The Morgan fingerprint density at radius 2 is 1.61 bits per heavy atom. The molecule has 2 aliphatic rings. The molecule has 1 saturated heterocycles. The van der Waals surface area contributed by atoms with Gasteiger partial charge in [0, 0.05) is 36.6 Å². The minimum atomic E-state index is -4.52. The van der Waals surface area contributed by atoms with Crippen LogP contribution >= 0.6 is 0 Å². The van der Waals surface area contributed by atoms with Gasteiger partial charge in [-0.25, -0.2) is 0 Å². The minimum absolute atomic E-state index is 0.176. The van der Waals surface area contributed by atoms with Crippen molar-refractivity contribution in [2.24, 2.45) is 0 Å². The largest absolute Gasteiger partial charge is 0.416 e. The number of anilines is 2. The topological polar surface area (TPSA) is 61.9 Å². The number of fused-ring (bicyclic) bond motifs is 1. The van der Waals surface area contributed by atoms with E-state index in [2.05, 4.69) is 10.2 Å². The SMILES string of the molecule is Cc1ccc(CN2C(=O)c3ccccc3C(C(=O)Nc3cccc(N4CCOCC4)c3)C2c2ccc(C(F)(F)F)cc2)cc1. The highest BCUT2D eigenvalue weighted by molar-refractivity contribution is 6.04. The highest BCUT2D eigenvalue weighted by atomic mass is 19.4. The minimum Gasteiger partial charge on any atom is -0.378 e. The molecule has 0 bridgehead atoms. The number of alkyl halides is 3. The molecule has 1 N–H and O–H groups in total. The second-order valence-electron chi connectivity index (χ2n) is 11.2. The predicted molar refractivity (Wildman–Crippen MR) is 163 cm³/mol. The molecule has 44 heavy (non-hydrogen) atoms. The first kappa shape index (κ1) is 29.4. The zero-order chi connectivity index (χ0) is 30.8. The summed E-state index contributed by atoms with van der Waals surface area (Å²) >= 11 is 0. The van der Waals surface area contributed by atoms with Crippen LogP contribution in [-0.4, -0.2) is 43.0 Å². The van der Waals surface area contributed by atoms with Gasteiger partial charge in [-0.05, 0) is 60.0 Å². The fraction of sp³-hybridized carbons (Fsp3) is 0.257. The Bertz CT molecular complexity index is 1650. The summed E-state index contributed by atoms with van der Waals surface area (Å²) in [5.74, 6) is -1.54. The second-order valence-corrected chi connectivity index (χ2v) is 11.2. The zero-order valence-electron chi connectivity index (χ0n) is 24.2. The molecule has 226 valence electrons. The number of aryl methyl sites for hydroxylation is 1. The summed E-state index contributed by atoms with van der Waals surface area (Å²) in [7, 11) is 0. The van der Waals surface area contributed by atoms with Crippen LogP contribution in [0, 0.1) is 6.92 Å². The molecule has 4 aromatic carbocycles. The molecule has 0 radical (unpaired) electrons. The number of nitrogens with one attached hydrogen (secondary N) is 1. The van der Waals surface area contributed by atoms with Gasteiger partial charge in [0.2, 0.25) is 5.91 Å². The van der Waals surface area contributed by atoms with Gasteiger partial charge in [0.15, 0.2) is 0 Å². The summed E-state index contributed by atoms with van der Waals surface area (Å²) in [6, 6.07) is 26.1. The van der Waals surface area contributed by atoms with Gasteiger partial charge in [-0.2, -0.15) is 13.2 Å². The van der Waals surface area contributed by atoms with Crippen molar-refractivity contribution >= 4 is 23.2 Å². The van der Waals surface area contributed by atoms with E-state index in [9.17, 15) is 22.8 Å². The lowest BCUT2D eigenvalue weighted by atomic mass is 9.78. The number of halogens is 3. The number of amides is 2. The third-order valence-corrected chi connectivity index (χ3v) is 8.26. The molecular weight excluding hydrogens is 567 g/mol. The monoisotopic (exact) mass is 599 g/mol. The Balaban J connectivity index is 1.42. The number of nitrogens with zero attached hydrogens (tertiary/aromatic N) is 2. The highest BCUT2D eigenvalue weighted by Gasteiger charge is 2.44. The van der Waals surface area contributed by atoms with E-state index >= 15 is 0 Å². The Hall–Kier alpha value is -4.63. The number of hydrogen-bond donors (Lipinski definition) is 1. The summed E-state index contributed by atoms with van der Waals surface area (Å²) < 4.78 is 45.9. The van der Waals surface area contributed by atoms with Crippen LogP contribution in [0.5, 0.6) is 0 Å². The maximum atomic E-state index is 14.3.